The van der Waals surface area contributed by atoms with Crippen molar-refractivity contribution >= 4 is 0 Å². The molecule has 0 spiro atoms. The van der Waals surface area contributed by atoms with Crippen LogP contribution in [0.25, 0.3) is 0 Å². The summed E-state index contributed by atoms with van der Waals surface area (Å²) in [5.74, 6) is 1.54. The van der Waals surface area contributed by atoms with E-state index in [4.69, 9.17) is 0 Å². The highest BCUT2D eigenvalue weighted by atomic mass is 14.0. The molecule has 0 saturated carbocycles. The van der Waals surface area contributed by atoms with Crippen LogP contribution in [0.3, 0.4) is 0 Å². The Morgan fingerprint density at radius 3 is 1.23 bits per heavy atom. The van der Waals surface area contributed by atoms with Crippen molar-refractivity contribution in [2.75, 3.05) is 0 Å². The molecule has 0 radical (unpaired) electrons. The van der Waals surface area contributed by atoms with Crippen LogP contribution in [0.15, 0.2) is 60.7 Å². The van der Waals surface area contributed by atoms with Crippen molar-refractivity contribution in [1.29, 1.82) is 0 Å². The fourth-order valence-electron chi connectivity index (χ4n) is 1.97. The number of benzene rings is 2. The summed E-state index contributed by atoms with van der Waals surface area (Å²) in [5.41, 5.74) is 6.75. The molecule has 0 fully saturated rings. The summed E-state index contributed by atoms with van der Waals surface area (Å²) in [7, 11) is 0. The van der Waals surface area contributed by atoms with Gasteiger partial charge in [-0.2, -0.15) is 0 Å². The van der Waals surface area contributed by atoms with Crippen LogP contribution in [0.4, 0.5) is 0 Å². The van der Waals surface area contributed by atoms with E-state index in [0.29, 0.717) is 5.92 Å². The predicted molar refractivity (Wildman–Crippen MR) is 168 cm³/mol. The minimum atomic E-state index is 0.653. The standard InChI is InChI=1S/C10H14.C8H10.C5H12.C5H10.C5H12.C2H6/c1-8(2)10-6-4-9(3)5-7-10;1-7-5-3-4-6-8(7)2;2*1-4-5(2)3;1-3-5-4-2;1-2/h4-8H,1-3H3;3-6H,1-2H3;5H,4H2,1-3H3;2,4H2,1,3H3;3-5H2,1-2H3;1-2H3. The number of hydrogen-bond donors (Lipinski definition) is 0. The van der Waals surface area contributed by atoms with E-state index in [9.17, 15) is 0 Å². The molecular weight excluding hydrogens is 420 g/mol. The molecule has 0 atom stereocenters. The van der Waals surface area contributed by atoms with Gasteiger partial charge in [-0.3, -0.25) is 0 Å². The van der Waals surface area contributed by atoms with E-state index in [0.717, 1.165) is 12.3 Å². The molecule has 0 aliphatic heterocycles. The summed E-state index contributed by atoms with van der Waals surface area (Å²) < 4.78 is 0. The van der Waals surface area contributed by atoms with E-state index in [1.807, 2.05) is 20.8 Å². The van der Waals surface area contributed by atoms with E-state index < -0.39 is 0 Å². The van der Waals surface area contributed by atoms with Crippen LogP contribution in [-0.2, 0) is 0 Å². The lowest BCUT2D eigenvalue weighted by molar-refractivity contribution is 0.626. The van der Waals surface area contributed by atoms with Gasteiger partial charge in [-0.05, 0) is 62.6 Å². The molecule has 0 saturated heterocycles. The van der Waals surface area contributed by atoms with Crippen LogP contribution in [0.1, 0.15) is 136 Å². The van der Waals surface area contributed by atoms with Crippen molar-refractivity contribution in [3.05, 3.63) is 82.9 Å². The number of aryl methyl sites for hydroxylation is 3. The van der Waals surface area contributed by atoms with E-state index >= 15 is 0 Å². The van der Waals surface area contributed by atoms with Gasteiger partial charge in [0, 0.05) is 0 Å². The van der Waals surface area contributed by atoms with Crippen LogP contribution in [-0.4, -0.2) is 0 Å². The van der Waals surface area contributed by atoms with Crippen molar-refractivity contribution in [2.45, 2.75) is 135 Å². The molecule has 0 bridgehead atoms. The lowest BCUT2D eigenvalue weighted by Crippen LogP contribution is -1.85. The van der Waals surface area contributed by atoms with Gasteiger partial charge in [-0.15, -0.1) is 6.58 Å². The highest BCUT2D eigenvalue weighted by Crippen LogP contribution is 2.13. The highest BCUT2D eigenvalue weighted by Gasteiger charge is 1.95. The van der Waals surface area contributed by atoms with Crippen LogP contribution in [0, 0.1) is 26.7 Å². The van der Waals surface area contributed by atoms with Crippen molar-refractivity contribution in [1.82, 2.24) is 0 Å². The molecule has 35 heavy (non-hydrogen) atoms. The first-order chi connectivity index (χ1) is 16.5. The average Bonchev–Trinajstić information content (AvgIpc) is 2.84. The molecule has 0 heteroatoms. The molecule has 0 aromatic heterocycles. The molecule has 204 valence electrons. The molecule has 0 N–H and O–H groups in total. The average molecular weight is 485 g/mol. The lowest BCUT2D eigenvalue weighted by atomic mass is 10.0. The molecule has 0 heterocycles. The SMILES string of the molecule is C=C(C)CC.CC.CCC(C)C.CCCCC.Cc1ccc(C(C)C)cc1.Cc1ccccc1C. The second-order valence-electron chi connectivity index (χ2n) is 9.62. The molecule has 2 rings (SSSR count). The maximum Gasteiger partial charge on any atom is -0.0219 e. The van der Waals surface area contributed by atoms with E-state index in [1.54, 1.807) is 0 Å². The molecule has 0 amide bonds. The first kappa shape index (κ1) is 40.4. The number of allylic oxidation sites excluding steroid dienone is 1. The van der Waals surface area contributed by atoms with Gasteiger partial charge in [0.05, 0.1) is 0 Å². The molecule has 0 nitrogen and oxygen atoms in total. The third-order valence-corrected chi connectivity index (χ3v) is 5.30. The number of rotatable bonds is 5. The molecule has 0 aliphatic rings. The fraction of sp³-hybridized carbons (Fsp3) is 0.600. The number of unbranched alkanes of at least 4 members (excludes halogenated alkanes) is 2. The maximum absolute atomic E-state index is 3.67. The van der Waals surface area contributed by atoms with Crippen molar-refractivity contribution < 1.29 is 0 Å². The first-order valence-electron chi connectivity index (χ1n) is 14.2. The van der Waals surface area contributed by atoms with Gasteiger partial charge >= 0.3 is 0 Å². The van der Waals surface area contributed by atoms with Crippen molar-refractivity contribution in [3.8, 4) is 0 Å². The summed E-state index contributed by atoms with van der Waals surface area (Å²) in [5, 5.41) is 0. The predicted octanol–water partition coefficient (Wildman–Crippen LogP) is 12.7. The van der Waals surface area contributed by atoms with Gasteiger partial charge in [0.15, 0.2) is 0 Å². The fourth-order valence-corrected chi connectivity index (χ4v) is 1.97. The highest BCUT2D eigenvalue weighted by molar-refractivity contribution is 5.24. The molecule has 0 unspecified atom stereocenters. The van der Waals surface area contributed by atoms with Gasteiger partial charge in [0.2, 0.25) is 0 Å². The third kappa shape index (κ3) is 34.4. The zero-order valence-electron chi connectivity index (χ0n) is 26.5. The number of hydrogen-bond acceptors (Lipinski definition) is 0. The largest absolute Gasteiger partial charge is 0.100 e. The smallest absolute Gasteiger partial charge is 0.0219 e. The van der Waals surface area contributed by atoms with Crippen LogP contribution in [0.2, 0.25) is 0 Å². The summed E-state index contributed by atoms with van der Waals surface area (Å²) in [6, 6.07) is 17.1. The lowest BCUT2D eigenvalue weighted by Gasteiger charge is -2.03. The van der Waals surface area contributed by atoms with Crippen LogP contribution >= 0.6 is 0 Å². The maximum atomic E-state index is 3.67. The molecule has 2 aromatic rings. The summed E-state index contributed by atoms with van der Waals surface area (Å²) >= 11 is 0. The van der Waals surface area contributed by atoms with Crippen molar-refractivity contribution in [3.63, 3.8) is 0 Å². The zero-order chi connectivity index (χ0) is 28.2. The van der Waals surface area contributed by atoms with Crippen molar-refractivity contribution in [2.24, 2.45) is 5.92 Å². The Morgan fingerprint density at radius 2 is 1.06 bits per heavy atom. The second-order valence-corrected chi connectivity index (χ2v) is 9.62. The van der Waals surface area contributed by atoms with Gasteiger partial charge in [0.25, 0.3) is 0 Å². The topological polar surface area (TPSA) is 0 Å². The van der Waals surface area contributed by atoms with E-state index in [-0.39, 0.29) is 0 Å². The minimum Gasteiger partial charge on any atom is -0.100 e. The Hall–Kier alpha value is -1.82. The van der Waals surface area contributed by atoms with E-state index in [2.05, 4.69) is 131 Å². The molecule has 0 aliphatic carbocycles. The second kappa shape index (κ2) is 30.2. The summed E-state index contributed by atoms with van der Waals surface area (Å²) in [6.07, 6.45) is 6.49. The van der Waals surface area contributed by atoms with Gasteiger partial charge in [0.1, 0.15) is 0 Å². The summed E-state index contributed by atoms with van der Waals surface area (Å²) in [6.45, 7) is 33.6. The van der Waals surface area contributed by atoms with Crippen LogP contribution < -0.4 is 0 Å². The molecule has 2 aromatic carbocycles. The first-order valence-corrected chi connectivity index (χ1v) is 14.2. The van der Waals surface area contributed by atoms with Gasteiger partial charge in [-0.25, -0.2) is 0 Å². The Kier molecular flexibility index (Phi) is 34.8. The third-order valence-electron chi connectivity index (χ3n) is 5.30. The Morgan fingerprint density at radius 1 is 0.714 bits per heavy atom. The van der Waals surface area contributed by atoms with E-state index in [1.165, 1.54) is 53.5 Å². The normalized spacial score (nSPS) is 8.91. The van der Waals surface area contributed by atoms with Crippen LogP contribution in [0.5, 0.6) is 0 Å². The summed E-state index contributed by atoms with van der Waals surface area (Å²) in [4.78, 5) is 0. The molecular formula is C35H64. The van der Waals surface area contributed by atoms with Gasteiger partial charge in [-0.1, -0.05) is 155 Å². The quantitative estimate of drug-likeness (QED) is 0.370. The Bertz CT molecular complexity index is 636. The Labute approximate surface area is 223 Å². The zero-order valence-corrected chi connectivity index (χ0v) is 26.5. The minimum absolute atomic E-state index is 0.653. The monoisotopic (exact) mass is 485 g/mol. The Balaban J connectivity index is -0.000000175. The van der Waals surface area contributed by atoms with Gasteiger partial charge < -0.3 is 0 Å².